The number of carbonyl (C=O) groups is 1. The molecule has 1 heterocycles. The maximum Gasteiger partial charge on any atom is 0.274 e. The maximum atomic E-state index is 12.7. The Bertz CT molecular complexity index is 1060. The van der Waals surface area contributed by atoms with Crippen LogP contribution in [0.2, 0.25) is 0 Å². The van der Waals surface area contributed by atoms with Crippen LogP contribution in [-0.2, 0) is 10.0 Å². The van der Waals surface area contributed by atoms with Crippen molar-refractivity contribution < 1.29 is 13.2 Å². The van der Waals surface area contributed by atoms with E-state index >= 15 is 0 Å². The van der Waals surface area contributed by atoms with Crippen LogP contribution in [0.1, 0.15) is 30.3 Å². The monoisotopic (exact) mass is 383 g/mol. The fraction of sp³-hybridized carbons (Fsp3) is 0.200. The Morgan fingerprint density at radius 3 is 2.70 bits per heavy atom. The van der Waals surface area contributed by atoms with Gasteiger partial charge in [0.2, 0.25) is 10.0 Å². The van der Waals surface area contributed by atoms with Gasteiger partial charge in [0.1, 0.15) is 5.69 Å². The molecule has 3 rings (SSSR count). The van der Waals surface area contributed by atoms with Gasteiger partial charge in [-0.15, -0.1) is 0 Å². The van der Waals surface area contributed by atoms with Crippen LogP contribution in [0.3, 0.4) is 0 Å². The van der Waals surface area contributed by atoms with Crippen LogP contribution in [-0.4, -0.2) is 25.9 Å². The SMILES string of the molecule is CCCCNS(=O)(=O)c1cccc(NC(=O)c2nccc3ccccc23)c1. The van der Waals surface area contributed by atoms with Gasteiger partial charge in [-0.1, -0.05) is 43.7 Å². The summed E-state index contributed by atoms with van der Waals surface area (Å²) >= 11 is 0. The van der Waals surface area contributed by atoms with E-state index in [1.165, 1.54) is 12.1 Å². The van der Waals surface area contributed by atoms with Gasteiger partial charge >= 0.3 is 0 Å². The molecule has 2 aromatic carbocycles. The Morgan fingerprint density at radius 1 is 1.07 bits per heavy atom. The van der Waals surface area contributed by atoms with E-state index in [9.17, 15) is 13.2 Å². The summed E-state index contributed by atoms with van der Waals surface area (Å²) in [6.45, 7) is 2.38. The van der Waals surface area contributed by atoms with Gasteiger partial charge in [0.15, 0.2) is 0 Å². The largest absolute Gasteiger partial charge is 0.321 e. The third kappa shape index (κ3) is 4.50. The molecule has 0 fully saturated rings. The number of rotatable bonds is 7. The van der Waals surface area contributed by atoms with Gasteiger partial charge < -0.3 is 5.32 Å². The predicted molar refractivity (Wildman–Crippen MR) is 106 cm³/mol. The normalized spacial score (nSPS) is 11.4. The molecule has 7 heteroatoms. The number of pyridine rings is 1. The fourth-order valence-electron chi connectivity index (χ4n) is 2.70. The highest BCUT2D eigenvalue weighted by Gasteiger charge is 2.16. The molecule has 6 nitrogen and oxygen atoms in total. The molecule has 0 aliphatic heterocycles. The molecule has 0 bridgehead atoms. The van der Waals surface area contributed by atoms with Crippen molar-refractivity contribution in [2.24, 2.45) is 0 Å². The second-order valence-electron chi connectivity index (χ2n) is 6.11. The zero-order valence-corrected chi connectivity index (χ0v) is 15.8. The number of nitrogens with zero attached hydrogens (tertiary/aromatic N) is 1. The molecule has 0 spiro atoms. The van der Waals surface area contributed by atoms with Crippen molar-refractivity contribution in [1.82, 2.24) is 9.71 Å². The van der Waals surface area contributed by atoms with Crippen molar-refractivity contribution in [2.45, 2.75) is 24.7 Å². The predicted octanol–water partition coefficient (Wildman–Crippen LogP) is 3.57. The van der Waals surface area contributed by atoms with Crippen molar-refractivity contribution >= 4 is 32.4 Å². The summed E-state index contributed by atoms with van der Waals surface area (Å²) in [5.74, 6) is -0.389. The average molecular weight is 383 g/mol. The second-order valence-corrected chi connectivity index (χ2v) is 7.88. The number of amides is 1. The first-order valence-corrected chi connectivity index (χ1v) is 10.2. The molecule has 140 valence electrons. The molecule has 0 aliphatic rings. The number of hydrogen-bond acceptors (Lipinski definition) is 4. The minimum atomic E-state index is -3.61. The molecule has 0 atom stereocenters. The van der Waals surface area contributed by atoms with Crippen molar-refractivity contribution in [3.63, 3.8) is 0 Å². The summed E-state index contributed by atoms with van der Waals surface area (Å²) in [7, 11) is -3.61. The summed E-state index contributed by atoms with van der Waals surface area (Å²) in [4.78, 5) is 17.0. The van der Waals surface area contributed by atoms with Crippen LogP contribution < -0.4 is 10.0 Å². The van der Waals surface area contributed by atoms with Crippen LogP contribution in [0, 0.1) is 0 Å². The van der Waals surface area contributed by atoms with Gasteiger partial charge in [0.25, 0.3) is 5.91 Å². The van der Waals surface area contributed by atoms with Crippen molar-refractivity contribution in [1.29, 1.82) is 0 Å². The van der Waals surface area contributed by atoms with Crippen molar-refractivity contribution in [3.8, 4) is 0 Å². The molecule has 3 aromatic rings. The molecule has 0 saturated carbocycles. The first kappa shape index (κ1) is 19.0. The third-order valence-corrected chi connectivity index (χ3v) is 5.57. The lowest BCUT2D eigenvalue weighted by atomic mass is 10.1. The number of nitrogens with one attached hydrogen (secondary N) is 2. The van der Waals surface area contributed by atoms with Crippen LogP contribution in [0.25, 0.3) is 10.8 Å². The summed E-state index contributed by atoms with van der Waals surface area (Å²) in [5.41, 5.74) is 0.690. The second kappa shape index (κ2) is 8.28. The van der Waals surface area contributed by atoms with Gasteiger partial charge in [-0.3, -0.25) is 9.78 Å². The number of carbonyl (C=O) groups excluding carboxylic acids is 1. The fourth-order valence-corrected chi connectivity index (χ4v) is 3.82. The first-order valence-electron chi connectivity index (χ1n) is 8.76. The molecular weight excluding hydrogens is 362 g/mol. The van der Waals surface area contributed by atoms with Crippen molar-refractivity contribution in [3.05, 3.63) is 66.5 Å². The van der Waals surface area contributed by atoms with Crippen LogP contribution >= 0.6 is 0 Å². The summed E-state index contributed by atoms with van der Waals surface area (Å²) in [6.07, 6.45) is 3.24. The Labute approximate surface area is 158 Å². The van der Waals surface area contributed by atoms with Gasteiger partial charge in [0, 0.05) is 23.8 Å². The van der Waals surface area contributed by atoms with E-state index in [1.54, 1.807) is 18.3 Å². The Balaban J connectivity index is 1.83. The maximum absolute atomic E-state index is 12.7. The van der Waals surface area contributed by atoms with E-state index < -0.39 is 10.0 Å². The molecular formula is C20H21N3O3S. The first-order chi connectivity index (χ1) is 13.0. The molecule has 0 radical (unpaired) electrons. The molecule has 0 saturated heterocycles. The number of sulfonamides is 1. The van der Waals surface area contributed by atoms with Gasteiger partial charge in [-0.25, -0.2) is 13.1 Å². The van der Waals surface area contributed by atoms with E-state index in [4.69, 9.17) is 0 Å². The summed E-state index contributed by atoms with van der Waals surface area (Å²) in [6, 6.07) is 15.5. The van der Waals surface area contributed by atoms with Crippen LogP contribution in [0.5, 0.6) is 0 Å². The average Bonchev–Trinajstić information content (AvgIpc) is 2.68. The quantitative estimate of drug-likeness (QED) is 0.611. The third-order valence-electron chi connectivity index (χ3n) is 4.11. The Hall–Kier alpha value is -2.77. The number of anilines is 1. The summed E-state index contributed by atoms with van der Waals surface area (Å²) < 4.78 is 27.3. The summed E-state index contributed by atoms with van der Waals surface area (Å²) in [5, 5.41) is 4.39. The molecule has 1 aromatic heterocycles. The zero-order chi connectivity index (χ0) is 19.3. The standard InChI is InChI=1S/C20H21N3O3S/c1-2-3-12-22-27(25,26)17-9-6-8-16(14-17)23-20(24)19-18-10-5-4-7-15(18)11-13-21-19/h4-11,13-14,22H,2-3,12H2,1H3,(H,23,24). The lowest BCUT2D eigenvalue weighted by molar-refractivity contribution is 0.102. The van der Waals surface area contributed by atoms with E-state index in [0.717, 1.165) is 23.6 Å². The molecule has 1 amide bonds. The lowest BCUT2D eigenvalue weighted by Crippen LogP contribution is -2.25. The highest BCUT2D eigenvalue weighted by Crippen LogP contribution is 2.19. The number of fused-ring (bicyclic) bond motifs is 1. The Morgan fingerprint density at radius 2 is 1.89 bits per heavy atom. The van der Waals surface area contributed by atoms with Crippen LogP contribution in [0.4, 0.5) is 5.69 Å². The van der Waals surface area contributed by atoms with Gasteiger partial charge in [-0.05, 0) is 36.1 Å². The topological polar surface area (TPSA) is 88.2 Å². The minimum absolute atomic E-state index is 0.113. The highest BCUT2D eigenvalue weighted by molar-refractivity contribution is 7.89. The number of aromatic nitrogens is 1. The number of hydrogen-bond donors (Lipinski definition) is 2. The lowest BCUT2D eigenvalue weighted by Gasteiger charge is -2.10. The van der Waals surface area contributed by atoms with Gasteiger partial charge in [-0.2, -0.15) is 0 Å². The molecule has 27 heavy (non-hydrogen) atoms. The molecule has 2 N–H and O–H groups in total. The smallest absolute Gasteiger partial charge is 0.274 e. The van der Waals surface area contributed by atoms with Crippen LogP contribution in [0.15, 0.2) is 65.7 Å². The zero-order valence-electron chi connectivity index (χ0n) is 15.0. The van der Waals surface area contributed by atoms with Gasteiger partial charge in [0.05, 0.1) is 4.90 Å². The number of benzene rings is 2. The minimum Gasteiger partial charge on any atom is -0.321 e. The van der Waals surface area contributed by atoms with E-state index in [0.29, 0.717) is 17.9 Å². The van der Waals surface area contributed by atoms with E-state index in [-0.39, 0.29) is 10.8 Å². The molecule has 0 aliphatic carbocycles. The highest BCUT2D eigenvalue weighted by atomic mass is 32.2. The van der Waals surface area contributed by atoms with E-state index in [1.807, 2.05) is 37.3 Å². The number of unbranched alkanes of at least 4 members (excludes halogenated alkanes) is 1. The Kier molecular flexibility index (Phi) is 5.83. The van der Waals surface area contributed by atoms with E-state index in [2.05, 4.69) is 15.0 Å². The van der Waals surface area contributed by atoms with Crippen molar-refractivity contribution in [2.75, 3.05) is 11.9 Å². The molecule has 0 unspecified atom stereocenters.